The maximum atomic E-state index is 12.8. The zero-order valence-electron chi connectivity index (χ0n) is 13.4. The topological polar surface area (TPSA) is 91.8 Å². The summed E-state index contributed by atoms with van der Waals surface area (Å²) in [5, 5.41) is 12.4. The van der Waals surface area contributed by atoms with E-state index in [-0.39, 0.29) is 29.3 Å². The minimum atomic E-state index is -0.466. The van der Waals surface area contributed by atoms with Gasteiger partial charge in [-0.15, -0.1) is 0 Å². The molecule has 24 heavy (non-hydrogen) atoms. The lowest BCUT2D eigenvalue weighted by molar-refractivity contribution is -0.144. The Morgan fingerprint density at radius 3 is 2.62 bits per heavy atom. The van der Waals surface area contributed by atoms with Crippen LogP contribution in [0.1, 0.15) is 12.8 Å². The first-order valence-corrected chi connectivity index (χ1v) is 8.13. The lowest BCUT2D eigenvalue weighted by Crippen LogP contribution is -2.47. The number of carbonyl (C=O) groups is 2. The number of aromatic hydroxyl groups is 1. The van der Waals surface area contributed by atoms with E-state index >= 15 is 0 Å². The second kappa shape index (κ2) is 7.44. The molecule has 0 unspecified atom stereocenters. The molecule has 0 radical (unpaired) electrons. The number of nitrogens with one attached hydrogen (secondary N) is 1. The van der Waals surface area contributed by atoms with E-state index in [2.05, 4.69) is 10.3 Å². The van der Waals surface area contributed by atoms with Gasteiger partial charge in [-0.25, -0.2) is 4.98 Å². The van der Waals surface area contributed by atoms with Gasteiger partial charge in [0.05, 0.1) is 25.0 Å². The SMILES string of the molecule is O=C(Nc1ncccc1O)[C@H]1CC=CC[C@H]1C(=O)N1CCOCC1. The lowest BCUT2D eigenvalue weighted by Gasteiger charge is -2.34. The normalized spacial score (nSPS) is 23.8. The molecule has 2 aliphatic rings. The summed E-state index contributed by atoms with van der Waals surface area (Å²) in [7, 11) is 0. The van der Waals surface area contributed by atoms with Crippen LogP contribution in [-0.4, -0.2) is 53.1 Å². The molecular formula is C17H21N3O4. The lowest BCUT2D eigenvalue weighted by atomic mass is 9.81. The standard InChI is InChI=1S/C17H21N3O4/c21-14-6-3-7-18-15(14)19-16(22)12-4-1-2-5-13(12)17(23)20-8-10-24-11-9-20/h1-3,6-7,12-13,21H,4-5,8-11H2,(H,18,19,22)/t12-,13+/m0/s1. The summed E-state index contributed by atoms with van der Waals surface area (Å²) < 4.78 is 5.28. The number of hydrogen-bond acceptors (Lipinski definition) is 5. The molecule has 1 aliphatic carbocycles. The molecule has 7 nitrogen and oxygen atoms in total. The molecule has 2 N–H and O–H groups in total. The second-order valence-electron chi connectivity index (χ2n) is 5.95. The molecule has 0 spiro atoms. The van der Waals surface area contributed by atoms with Crippen molar-refractivity contribution in [3.8, 4) is 5.75 Å². The van der Waals surface area contributed by atoms with Gasteiger partial charge in [0.1, 0.15) is 0 Å². The van der Waals surface area contributed by atoms with Crippen molar-refractivity contribution in [2.75, 3.05) is 31.6 Å². The molecular weight excluding hydrogens is 310 g/mol. The monoisotopic (exact) mass is 331 g/mol. The van der Waals surface area contributed by atoms with Crippen molar-refractivity contribution in [3.63, 3.8) is 0 Å². The van der Waals surface area contributed by atoms with Crippen LogP contribution in [-0.2, 0) is 14.3 Å². The van der Waals surface area contributed by atoms with Gasteiger partial charge in [0.25, 0.3) is 0 Å². The van der Waals surface area contributed by atoms with E-state index in [0.717, 1.165) is 0 Å². The molecule has 1 fully saturated rings. The van der Waals surface area contributed by atoms with Crippen molar-refractivity contribution < 1.29 is 19.4 Å². The van der Waals surface area contributed by atoms with E-state index in [1.54, 1.807) is 11.0 Å². The number of pyridine rings is 1. The Hall–Kier alpha value is -2.41. The highest BCUT2D eigenvalue weighted by atomic mass is 16.5. The summed E-state index contributed by atoms with van der Waals surface area (Å²) >= 11 is 0. The van der Waals surface area contributed by atoms with Crippen molar-refractivity contribution in [2.24, 2.45) is 11.8 Å². The maximum Gasteiger partial charge on any atom is 0.229 e. The summed E-state index contributed by atoms with van der Waals surface area (Å²) in [6.07, 6.45) is 6.41. The van der Waals surface area contributed by atoms with Gasteiger partial charge < -0.3 is 20.1 Å². The number of aromatic nitrogens is 1. The third kappa shape index (κ3) is 3.56. The molecule has 2 heterocycles. The van der Waals surface area contributed by atoms with E-state index in [1.807, 2.05) is 12.2 Å². The average molecular weight is 331 g/mol. The fraction of sp³-hybridized carbons (Fsp3) is 0.471. The van der Waals surface area contributed by atoms with Crippen LogP contribution in [0.5, 0.6) is 5.75 Å². The molecule has 1 aliphatic heterocycles. The Morgan fingerprint density at radius 1 is 1.21 bits per heavy atom. The Morgan fingerprint density at radius 2 is 1.92 bits per heavy atom. The number of carbonyl (C=O) groups excluding carboxylic acids is 2. The fourth-order valence-corrected chi connectivity index (χ4v) is 3.10. The predicted molar refractivity (Wildman–Crippen MR) is 87.3 cm³/mol. The van der Waals surface area contributed by atoms with Gasteiger partial charge >= 0.3 is 0 Å². The van der Waals surface area contributed by atoms with E-state index < -0.39 is 5.92 Å². The van der Waals surface area contributed by atoms with Crippen LogP contribution in [0.3, 0.4) is 0 Å². The molecule has 1 aromatic heterocycles. The molecule has 2 amide bonds. The summed E-state index contributed by atoms with van der Waals surface area (Å²) in [5.41, 5.74) is 0. The van der Waals surface area contributed by atoms with Gasteiger partial charge in [-0.05, 0) is 25.0 Å². The van der Waals surface area contributed by atoms with Crippen molar-refractivity contribution in [1.29, 1.82) is 0 Å². The van der Waals surface area contributed by atoms with Crippen molar-refractivity contribution >= 4 is 17.6 Å². The first kappa shape index (κ1) is 16.4. The molecule has 2 atom stereocenters. The highest BCUT2D eigenvalue weighted by molar-refractivity contribution is 5.96. The molecule has 0 saturated carbocycles. The Balaban J connectivity index is 1.72. The molecule has 0 aromatic carbocycles. The first-order chi connectivity index (χ1) is 11.7. The Kier molecular flexibility index (Phi) is 5.10. The number of morpholine rings is 1. The van der Waals surface area contributed by atoms with Crippen LogP contribution in [0, 0.1) is 11.8 Å². The predicted octanol–water partition coefficient (Wildman–Crippen LogP) is 1.17. The van der Waals surface area contributed by atoms with Crippen LogP contribution in [0.4, 0.5) is 5.82 Å². The van der Waals surface area contributed by atoms with E-state index in [0.29, 0.717) is 39.1 Å². The molecule has 1 saturated heterocycles. The zero-order valence-corrected chi connectivity index (χ0v) is 13.4. The summed E-state index contributed by atoms with van der Waals surface area (Å²) in [6.45, 7) is 2.20. The van der Waals surface area contributed by atoms with Gasteiger partial charge in [-0.1, -0.05) is 12.2 Å². The van der Waals surface area contributed by atoms with Crippen LogP contribution < -0.4 is 5.32 Å². The average Bonchev–Trinajstić information content (AvgIpc) is 2.63. The number of rotatable bonds is 3. The molecule has 1 aromatic rings. The fourth-order valence-electron chi connectivity index (χ4n) is 3.10. The van der Waals surface area contributed by atoms with Crippen LogP contribution >= 0.6 is 0 Å². The Bertz CT molecular complexity index is 640. The van der Waals surface area contributed by atoms with E-state index in [1.165, 1.54) is 12.3 Å². The minimum Gasteiger partial charge on any atom is -0.504 e. The molecule has 3 rings (SSSR count). The number of ether oxygens (including phenoxy) is 1. The number of hydrogen-bond donors (Lipinski definition) is 2. The highest BCUT2D eigenvalue weighted by Gasteiger charge is 2.37. The quantitative estimate of drug-likeness (QED) is 0.811. The van der Waals surface area contributed by atoms with Gasteiger partial charge in [-0.3, -0.25) is 9.59 Å². The summed E-state index contributed by atoms with van der Waals surface area (Å²) in [4.78, 5) is 31.1. The Labute approximate surface area is 140 Å². The third-order valence-corrected chi connectivity index (χ3v) is 4.44. The number of nitrogens with zero attached hydrogens (tertiary/aromatic N) is 2. The number of anilines is 1. The minimum absolute atomic E-state index is 0.00644. The highest BCUT2D eigenvalue weighted by Crippen LogP contribution is 2.30. The van der Waals surface area contributed by atoms with Crippen LogP contribution in [0.15, 0.2) is 30.5 Å². The van der Waals surface area contributed by atoms with Crippen molar-refractivity contribution in [3.05, 3.63) is 30.5 Å². The van der Waals surface area contributed by atoms with Crippen LogP contribution in [0.2, 0.25) is 0 Å². The molecule has 128 valence electrons. The summed E-state index contributed by atoms with van der Waals surface area (Å²) in [6, 6.07) is 3.04. The van der Waals surface area contributed by atoms with Crippen LogP contribution in [0.25, 0.3) is 0 Å². The van der Waals surface area contributed by atoms with Gasteiger partial charge in [-0.2, -0.15) is 0 Å². The van der Waals surface area contributed by atoms with Crippen molar-refractivity contribution in [1.82, 2.24) is 9.88 Å². The van der Waals surface area contributed by atoms with Gasteiger partial charge in [0, 0.05) is 19.3 Å². The smallest absolute Gasteiger partial charge is 0.229 e. The van der Waals surface area contributed by atoms with Crippen molar-refractivity contribution in [2.45, 2.75) is 12.8 Å². The number of amides is 2. The largest absolute Gasteiger partial charge is 0.504 e. The number of allylic oxidation sites excluding steroid dienone is 2. The van der Waals surface area contributed by atoms with Gasteiger partial charge in [0.2, 0.25) is 11.8 Å². The van der Waals surface area contributed by atoms with E-state index in [9.17, 15) is 14.7 Å². The van der Waals surface area contributed by atoms with Gasteiger partial charge in [0.15, 0.2) is 11.6 Å². The maximum absolute atomic E-state index is 12.8. The summed E-state index contributed by atoms with van der Waals surface area (Å²) in [5.74, 6) is -1.12. The zero-order chi connectivity index (χ0) is 16.9. The third-order valence-electron chi connectivity index (χ3n) is 4.44. The molecule has 0 bridgehead atoms. The van der Waals surface area contributed by atoms with E-state index in [4.69, 9.17) is 4.74 Å². The molecule has 7 heteroatoms. The first-order valence-electron chi connectivity index (χ1n) is 8.13. The second-order valence-corrected chi connectivity index (χ2v) is 5.95.